The topological polar surface area (TPSA) is 73.9 Å². The van der Waals surface area contributed by atoms with E-state index >= 15 is 0 Å². The molecule has 0 spiro atoms. The molecule has 5 nitrogen and oxygen atoms in total. The number of ether oxygens (including phenoxy) is 1. The van der Waals surface area contributed by atoms with Crippen molar-refractivity contribution in [1.82, 2.24) is 0 Å². The number of amidine groups is 1. The van der Waals surface area contributed by atoms with Crippen molar-refractivity contribution in [3.05, 3.63) is 63.2 Å². The Kier molecular flexibility index (Phi) is 5.76. The Hall–Kier alpha value is -2.09. The van der Waals surface area contributed by atoms with Crippen LogP contribution in [0.5, 0.6) is 5.75 Å². The summed E-state index contributed by atoms with van der Waals surface area (Å²) >= 11 is 2.19. The van der Waals surface area contributed by atoms with Crippen LogP contribution in [-0.2, 0) is 4.84 Å². The van der Waals surface area contributed by atoms with Crippen LogP contribution in [0.15, 0.2) is 53.7 Å². The van der Waals surface area contributed by atoms with E-state index in [-0.39, 0.29) is 5.84 Å². The Morgan fingerprint density at radius 3 is 2.55 bits per heavy atom. The van der Waals surface area contributed by atoms with Gasteiger partial charge in [-0.2, -0.15) is 0 Å². The highest BCUT2D eigenvalue weighted by atomic mass is 127. The van der Waals surface area contributed by atoms with Gasteiger partial charge in [0, 0.05) is 9.13 Å². The van der Waals surface area contributed by atoms with Crippen molar-refractivity contribution in [2.45, 2.75) is 6.92 Å². The molecule has 6 heteroatoms. The summed E-state index contributed by atoms with van der Waals surface area (Å²) in [6.45, 7) is 2.30. The molecule has 0 unspecified atom stereocenters. The number of carbonyl (C=O) groups is 1. The molecule has 0 aliphatic heterocycles. The van der Waals surface area contributed by atoms with E-state index < -0.39 is 5.97 Å². The van der Waals surface area contributed by atoms with Crippen LogP contribution in [0.1, 0.15) is 22.8 Å². The number of halogens is 1. The van der Waals surface area contributed by atoms with Crippen molar-refractivity contribution >= 4 is 34.4 Å². The summed E-state index contributed by atoms with van der Waals surface area (Å²) in [5, 5.41) is 3.69. The van der Waals surface area contributed by atoms with E-state index in [0.29, 0.717) is 23.5 Å². The maximum Gasteiger partial charge on any atom is 0.369 e. The van der Waals surface area contributed by atoms with Gasteiger partial charge in [0.25, 0.3) is 0 Å². The summed E-state index contributed by atoms with van der Waals surface area (Å²) in [4.78, 5) is 17.0. The Morgan fingerprint density at radius 1 is 1.18 bits per heavy atom. The van der Waals surface area contributed by atoms with Crippen LogP contribution in [0.2, 0.25) is 0 Å². The van der Waals surface area contributed by atoms with Gasteiger partial charge in [-0.05, 0) is 53.8 Å². The molecule has 0 saturated carbocycles. The summed E-state index contributed by atoms with van der Waals surface area (Å²) in [5.74, 6) is -0.0193. The van der Waals surface area contributed by atoms with Crippen molar-refractivity contribution in [3.8, 4) is 5.75 Å². The number of hydrogen-bond donors (Lipinski definition) is 1. The third-order valence-electron chi connectivity index (χ3n) is 2.77. The maximum atomic E-state index is 12.1. The minimum Gasteiger partial charge on any atom is -0.493 e. The molecule has 0 radical (unpaired) electrons. The summed E-state index contributed by atoms with van der Waals surface area (Å²) in [6.07, 6.45) is 0. The number of nitrogens with zero attached hydrogens (tertiary/aromatic N) is 1. The molecule has 0 heterocycles. The van der Waals surface area contributed by atoms with Gasteiger partial charge in [0.05, 0.1) is 6.61 Å². The third kappa shape index (κ3) is 4.20. The number of benzene rings is 2. The lowest BCUT2D eigenvalue weighted by Crippen LogP contribution is -2.15. The summed E-state index contributed by atoms with van der Waals surface area (Å²) in [7, 11) is 0. The lowest BCUT2D eigenvalue weighted by molar-refractivity contribution is 0.0511. The molecule has 22 heavy (non-hydrogen) atoms. The highest BCUT2D eigenvalue weighted by molar-refractivity contribution is 14.1. The van der Waals surface area contributed by atoms with Gasteiger partial charge < -0.3 is 15.3 Å². The van der Waals surface area contributed by atoms with Crippen LogP contribution >= 0.6 is 22.6 Å². The molecule has 0 saturated heterocycles. The molecule has 0 atom stereocenters. The Labute approximate surface area is 142 Å². The predicted octanol–water partition coefficient (Wildman–Crippen LogP) is 3.17. The van der Waals surface area contributed by atoms with Crippen molar-refractivity contribution in [2.75, 3.05) is 6.61 Å². The fourth-order valence-electron chi connectivity index (χ4n) is 1.73. The van der Waals surface area contributed by atoms with Gasteiger partial charge in [0.2, 0.25) is 0 Å². The highest BCUT2D eigenvalue weighted by Crippen LogP contribution is 2.19. The van der Waals surface area contributed by atoms with Gasteiger partial charge in [0.15, 0.2) is 5.84 Å². The zero-order valence-electron chi connectivity index (χ0n) is 12.0. The molecule has 0 amide bonds. The molecule has 0 aliphatic rings. The zero-order valence-corrected chi connectivity index (χ0v) is 14.1. The van der Waals surface area contributed by atoms with Crippen molar-refractivity contribution < 1.29 is 14.4 Å². The Balaban J connectivity index is 2.12. The van der Waals surface area contributed by atoms with Crippen molar-refractivity contribution in [2.24, 2.45) is 10.9 Å². The largest absolute Gasteiger partial charge is 0.493 e. The molecular weight excluding hydrogens is 395 g/mol. The number of nitrogens with two attached hydrogens (primary N) is 1. The van der Waals surface area contributed by atoms with Crippen LogP contribution < -0.4 is 10.5 Å². The number of carbonyl (C=O) groups excluding carboxylic acids is 1. The van der Waals surface area contributed by atoms with Crippen molar-refractivity contribution in [3.63, 3.8) is 0 Å². The molecule has 2 aromatic carbocycles. The first kappa shape index (κ1) is 16.3. The minimum atomic E-state index is -0.613. The SMILES string of the molecule is CCOc1ccccc1C(=O)O/N=C(\N)c1ccc(I)cc1. The van der Waals surface area contributed by atoms with E-state index in [1.165, 1.54) is 0 Å². The predicted molar refractivity (Wildman–Crippen MR) is 92.9 cm³/mol. The second-order valence-corrected chi connectivity index (χ2v) is 5.54. The third-order valence-corrected chi connectivity index (χ3v) is 3.49. The first-order valence-corrected chi connectivity index (χ1v) is 7.72. The van der Waals surface area contributed by atoms with Gasteiger partial charge in [0.1, 0.15) is 11.3 Å². The van der Waals surface area contributed by atoms with E-state index in [2.05, 4.69) is 27.7 Å². The zero-order chi connectivity index (χ0) is 15.9. The van der Waals surface area contributed by atoms with E-state index in [9.17, 15) is 4.79 Å². The minimum absolute atomic E-state index is 0.138. The fraction of sp³-hybridized carbons (Fsp3) is 0.125. The Morgan fingerprint density at radius 2 is 1.86 bits per heavy atom. The monoisotopic (exact) mass is 410 g/mol. The normalized spacial score (nSPS) is 11.1. The molecule has 0 aliphatic carbocycles. The van der Waals surface area contributed by atoms with E-state index in [4.69, 9.17) is 15.3 Å². The molecular formula is C16H15IN2O3. The number of hydrogen-bond acceptors (Lipinski definition) is 4. The average molecular weight is 410 g/mol. The van der Waals surface area contributed by atoms with Crippen molar-refractivity contribution in [1.29, 1.82) is 0 Å². The molecule has 0 bridgehead atoms. The van der Waals surface area contributed by atoms with Gasteiger partial charge >= 0.3 is 5.97 Å². The van der Waals surface area contributed by atoms with Gasteiger partial charge in [-0.3, -0.25) is 0 Å². The fourth-order valence-corrected chi connectivity index (χ4v) is 2.09. The lowest BCUT2D eigenvalue weighted by Gasteiger charge is -2.07. The quantitative estimate of drug-likeness (QED) is 0.270. The van der Waals surface area contributed by atoms with Crippen LogP contribution in [0, 0.1) is 3.57 Å². The van der Waals surface area contributed by atoms with Gasteiger partial charge in [-0.1, -0.05) is 29.4 Å². The smallest absolute Gasteiger partial charge is 0.369 e. The Bertz CT molecular complexity index is 684. The first-order valence-electron chi connectivity index (χ1n) is 6.64. The van der Waals surface area contributed by atoms with E-state index in [1.807, 2.05) is 31.2 Å². The molecule has 2 N–H and O–H groups in total. The lowest BCUT2D eigenvalue weighted by atomic mass is 10.2. The molecule has 2 aromatic rings. The summed E-state index contributed by atoms with van der Waals surface area (Å²) in [6, 6.07) is 14.2. The molecule has 0 aromatic heterocycles. The van der Waals surface area contributed by atoms with Gasteiger partial charge in [-0.15, -0.1) is 0 Å². The summed E-state index contributed by atoms with van der Waals surface area (Å²) < 4.78 is 6.46. The highest BCUT2D eigenvalue weighted by Gasteiger charge is 2.14. The van der Waals surface area contributed by atoms with Gasteiger partial charge in [-0.25, -0.2) is 4.79 Å². The van der Waals surface area contributed by atoms with Crippen LogP contribution in [0.25, 0.3) is 0 Å². The first-order chi connectivity index (χ1) is 10.6. The van der Waals surface area contributed by atoms with Crippen LogP contribution in [0.3, 0.4) is 0 Å². The van der Waals surface area contributed by atoms with Crippen LogP contribution in [0.4, 0.5) is 0 Å². The molecule has 0 fully saturated rings. The number of oxime groups is 1. The summed E-state index contributed by atoms with van der Waals surface area (Å²) in [5.41, 5.74) is 6.80. The van der Waals surface area contributed by atoms with E-state index in [0.717, 1.165) is 3.57 Å². The molecule has 114 valence electrons. The average Bonchev–Trinajstić information content (AvgIpc) is 2.54. The second kappa shape index (κ2) is 7.79. The number of para-hydroxylation sites is 1. The van der Waals surface area contributed by atoms with E-state index in [1.54, 1.807) is 24.3 Å². The second-order valence-electron chi connectivity index (χ2n) is 4.29. The van der Waals surface area contributed by atoms with Crippen LogP contribution in [-0.4, -0.2) is 18.4 Å². The standard InChI is InChI=1S/C16H15IN2O3/c1-2-21-14-6-4-3-5-13(14)16(20)22-19-15(18)11-7-9-12(17)10-8-11/h3-10H,2H2,1H3,(H2,18,19). The maximum absolute atomic E-state index is 12.1. The molecule has 2 rings (SSSR count). The number of rotatable bonds is 5.